The van der Waals surface area contributed by atoms with E-state index < -0.39 is 0 Å². The highest BCUT2D eigenvalue weighted by molar-refractivity contribution is 8.01. The third kappa shape index (κ3) is 4.60. The van der Waals surface area contributed by atoms with Crippen LogP contribution in [0.1, 0.15) is 26.2 Å². The molecule has 1 amide bonds. The average molecular weight is 316 g/mol. The SMILES string of the molecule is CCCN(C[C@H]1CCCO1)C(=O)CSc1nnc(N)s1. The Labute approximate surface area is 127 Å². The number of nitrogen functional groups attached to an aromatic ring is 1. The second-order valence-electron chi connectivity index (χ2n) is 4.67. The smallest absolute Gasteiger partial charge is 0.233 e. The molecule has 0 saturated carbocycles. The molecule has 1 fully saturated rings. The predicted octanol–water partition coefficient (Wildman–Crippen LogP) is 1.63. The topological polar surface area (TPSA) is 81.3 Å². The summed E-state index contributed by atoms with van der Waals surface area (Å²) in [5.41, 5.74) is 5.52. The second-order valence-corrected chi connectivity index (χ2v) is 6.90. The number of hydrogen-bond donors (Lipinski definition) is 1. The molecule has 1 aliphatic heterocycles. The van der Waals surface area contributed by atoms with Gasteiger partial charge in [-0.25, -0.2) is 0 Å². The molecule has 1 aliphatic rings. The van der Waals surface area contributed by atoms with E-state index in [1.165, 1.54) is 23.1 Å². The van der Waals surface area contributed by atoms with Crippen LogP contribution in [0.4, 0.5) is 5.13 Å². The van der Waals surface area contributed by atoms with Crippen LogP contribution in [-0.2, 0) is 9.53 Å². The van der Waals surface area contributed by atoms with E-state index in [1.54, 1.807) is 0 Å². The van der Waals surface area contributed by atoms with Gasteiger partial charge in [0.15, 0.2) is 4.34 Å². The van der Waals surface area contributed by atoms with Crippen LogP contribution >= 0.6 is 23.1 Å². The van der Waals surface area contributed by atoms with Gasteiger partial charge < -0.3 is 15.4 Å². The summed E-state index contributed by atoms with van der Waals surface area (Å²) >= 11 is 2.71. The lowest BCUT2D eigenvalue weighted by Crippen LogP contribution is -2.38. The first-order valence-corrected chi connectivity index (χ1v) is 8.60. The molecule has 1 aromatic rings. The van der Waals surface area contributed by atoms with Crippen molar-refractivity contribution in [1.29, 1.82) is 0 Å². The van der Waals surface area contributed by atoms with Gasteiger partial charge in [0.05, 0.1) is 11.9 Å². The van der Waals surface area contributed by atoms with E-state index in [0.717, 1.165) is 36.8 Å². The van der Waals surface area contributed by atoms with E-state index in [4.69, 9.17) is 10.5 Å². The zero-order valence-corrected chi connectivity index (χ0v) is 13.2. The summed E-state index contributed by atoms with van der Waals surface area (Å²) in [7, 11) is 0. The third-order valence-corrected chi connectivity index (χ3v) is 4.91. The van der Waals surface area contributed by atoms with Crippen LogP contribution in [0.2, 0.25) is 0 Å². The molecular weight excluding hydrogens is 296 g/mol. The predicted molar refractivity (Wildman–Crippen MR) is 80.9 cm³/mol. The fourth-order valence-electron chi connectivity index (χ4n) is 2.12. The number of aromatic nitrogens is 2. The minimum absolute atomic E-state index is 0.126. The number of nitrogens with two attached hydrogens (primary N) is 1. The van der Waals surface area contributed by atoms with Crippen molar-refractivity contribution < 1.29 is 9.53 Å². The highest BCUT2D eigenvalue weighted by Crippen LogP contribution is 2.24. The van der Waals surface area contributed by atoms with Crippen molar-refractivity contribution in [2.24, 2.45) is 0 Å². The molecule has 0 aliphatic carbocycles. The molecule has 2 rings (SSSR count). The van der Waals surface area contributed by atoms with Crippen LogP contribution in [0.25, 0.3) is 0 Å². The summed E-state index contributed by atoms with van der Waals surface area (Å²) < 4.78 is 6.35. The van der Waals surface area contributed by atoms with E-state index >= 15 is 0 Å². The van der Waals surface area contributed by atoms with Crippen LogP contribution in [0.5, 0.6) is 0 Å². The Bertz CT molecular complexity index is 435. The number of ether oxygens (including phenoxy) is 1. The molecule has 1 saturated heterocycles. The van der Waals surface area contributed by atoms with Crippen LogP contribution in [0.3, 0.4) is 0 Å². The Morgan fingerprint density at radius 3 is 3.05 bits per heavy atom. The number of hydrogen-bond acceptors (Lipinski definition) is 7. The molecule has 2 N–H and O–H groups in total. The normalized spacial score (nSPS) is 18.4. The van der Waals surface area contributed by atoms with Crippen molar-refractivity contribution in [3.63, 3.8) is 0 Å². The Balaban J connectivity index is 1.82. The van der Waals surface area contributed by atoms with E-state index in [9.17, 15) is 4.79 Å². The van der Waals surface area contributed by atoms with E-state index in [2.05, 4.69) is 17.1 Å². The Morgan fingerprint density at radius 2 is 2.45 bits per heavy atom. The maximum atomic E-state index is 12.3. The van der Waals surface area contributed by atoms with Crippen molar-refractivity contribution in [1.82, 2.24) is 15.1 Å². The fraction of sp³-hybridized carbons (Fsp3) is 0.750. The summed E-state index contributed by atoms with van der Waals surface area (Å²) in [6, 6.07) is 0. The van der Waals surface area contributed by atoms with Gasteiger partial charge >= 0.3 is 0 Å². The van der Waals surface area contributed by atoms with Crippen LogP contribution in [0.15, 0.2) is 4.34 Å². The Morgan fingerprint density at radius 1 is 1.60 bits per heavy atom. The molecule has 0 spiro atoms. The molecular formula is C12H20N4O2S2. The van der Waals surface area contributed by atoms with Gasteiger partial charge in [-0.15, -0.1) is 10.2 Å². The number of anilines is 1. The van der Waals surface area contributed by atoms with Crippen molar-refractivity contribution in [3.05, 3.63) is 0 Å². The van der Waals surface area contributed by atoms with Crippen LogP contribution < -0.4 is 5.73 Å². The first-order chi connectivity index (χ1) is 9.69. The van der Waals surface area contributed by atoms with E-state index in [-0.39, 0.29) is 12.0 Å². The minimum atomic E-state index is 0.126. The highest BCUT2D eigenvalue weighted by atomic mass is 32.2. The summed E-state index contributed by atoms with van der Waals surface area (Å²) in [5.74, 6) is 0.502. The van der Waals surface area contributed by atoms with Gasteiger partial charge in [0, 0.05) is 19.7 Å². The van der Waals surface area contributed by atoms with Gasteiger partial charge in [0.1, 0.15) is 0 Å². The molecule has 112 valence electrons. The maximum Gasteiger partial charge on any atom is 0.233 e. The first-order valence-electron chi connectivity index (χ1n) is 6.80. The van der Waals surface area contributed by atoms with Gasteiger partial charge in [-0.05, 0) is 19.3 Å². The van der Waals surface area contributed by atoms with Crippen molar-refractivity contribution >= 4 is 34.1 Å². The third-order valence-electron chi connectivity index (χ3n) is 3.04. The van der Waals surface area contributed by atoms with Gasteiger partial charge in [0.2, 0.25) is 11.0 Å². The molecule has 1 aromatic heterocycles. The molecule has 20 heavy (non-hydrogen) atoms. The summed E-state index contributed by atoms with van der Waals surface area (Å²) in [6.07, 6.45) is 3.30. The van der Waals surface area contributed by atoms with E-state index in [1.807, 2.05) is 4.90 Å². The van der Waals surface area contributed by atoms with Crippen molar-refractivity contribution in [2.75, 3.05) is 31.2 Å². The minimum Gasteiger partial charge on any atom is -0.376 e. The average Bonchev–Trinajstić information content (AvgIpc) is 3.07. The second kappa shape index (κ2) is 7.80. The highest BCUT2D eigenvalue weighted by Gasteiger charge is 2.22. The molecule has 0 bridgehead atoms. The first kappa shape index (κ1) is 15.5. The molecule has 8 heteroatoms. The molecule has 2 heterocycles. The van der Waals surface area contributed by atoms with E-state index in [0.29, 0.717) is 17.4 Å². The molecule has 1 atom stereocenters. The van der Waals surface area contributed by atoms with Gasteiger partial charge in [-0.3, -0.25) is 4.79 Å². The van der Waals surface area contributed by atoms with Crippen LogP contribution in [0, 0.1) is 0 Å². The Kier molecular flexibility index (Phi) is 6.06. The zero-order valence-electron chi connectivity index (χ0n) is 11.6. The molecule has 0 unspecified atom stereocenters. The maximum absolute atomic E-state index is 12.3. The number of carbonyl (C=O) groups is 1. The van der Waals surface area contributed by atoms with Crippen molar-refractivity contribution in [3.8, 4) is 0 Å². The fourth-order valence-corrected chi connectivity index (χ4v) is 3.65. The molecule has 0 aromatic carbocycles. The quantitative estimate of drug-likeness (QED) is 0.770. The van der Waals surface area contributed by atoms with Crippen molar-refractivity contribution in [2.45, 2.75) is 36.6 Å². The van der Waals surface area contributed by atoms with Gasteiger partial charge in [0.25, 0.3) is 0 Å². The molecule has 0 radical (unpaired) electrons. The van der Waals surface area contributed by atoms with Gasteiger partial charge in [-0.1, -0.05) is 30.0 Å². The summed E-state index contributed by atoms with van der Waals surface area (Å²) in [5, 5.41) is 8.08. The summed E-state index contributed by atoms with van der Waals surface area (Å²) in [6.45, 7) is 4.37. The largest absolute Gasteiger partial charge is 0.376 e. The number of rotatable bonds is 7. The lowest BCUT2D eigenvalue weighted by Gasteiger charge is -2.24. The number of carbonyl (C=O) groups excluding carboxylic acids is 1. The lowest BCUT2D eigenvalue weighted by molar-refractivity contribution is -0.129. The van der Waals surface area contributed by atoms with Crippen LogP contribution in [-0.4, -0.2) is 52.6 Å². The zero-order chi connectivity index (χ0) is 14.4. The molecule has 6 nitrogen and oxygen atoms in total. The number of amides is 1. The number of thioether (sulfide) groups is 1. The standard InChI is InChI=1S/C12H20N4O2S2/c1-2-5-16(7-9-4-3-6-18-9)10(17)8-19-12-15-14-11(13)20-12/h9H,2-8H2,1H3,(H2,13,14)/t9-/m1/s1. The monoisotopic (exact) mass is 316 g/mol. The van der Waals surface area contributed by atoms with Gasteiger partial charge in [-0.2, -0.15) is 0 Å². The lowest BCUT2D eigenvalue weighted by atomic mass is 10.2. The summed E-state index contributed by atoms with van der Waals surface area (Å²) in [4.78, 5) is 14.2. The number of nitrogens with zero attached hydrogens (tertiary/aromatic N) is 3. The Hall–Kier alpha value is -0.860.